The van der Waals surface area contributed by atoms with Gasteiger partial charge < -0.3 is 4.74 Å². The van der Waals surface area contributed by atoms with Crippen molar-refractivity contribution in [2.24, 2.45) is 0 Å². The summed E-state index contributed by atoms with van der Waals surface area (Å²) in [6.07, 6.45) is 3.01. The van der Waals surface area contributed by atoms with Gasteiger partial charge in [0.15, 0.2) is 0 Å². The third-order valence-corrected chi connectivity index (χ3v) is 2.25. The van der Waals surface area contributed by atoms with Crippen LogP contribution >= 0.6 is 0 Å². The summed E-state index contributed by atoms with van der Waals surface area (Å²) in [6.45, 7) is 8.59. The lowest BCUT2D eigenvalue weighted by Crippen LogP contribution is -2.07. The molecule has 1 aromatic rings. The van der Waals surface area contributed by atoms with Crippen LogP contribution in [-0.2, 0) is 11.3 Å². The minimum Gasteiger partial charge on any atom is -0.370 e. The first-order valence-electron chi connectivity index (χ1n) is 5.06. The Kier molecular flexibility index (Phi) is 4.41. The van der Waals surface area contributed by atoms with Gasteiger partial charge in [-0.1, -0.05) is 42.8 Å². The molecule has 0 aliphatic rings. The maximum Gasteiger partial charge on any atom is 0.0755 e. The summed E-state index contributed by atoms with van der Waals surface area (Å²) in [5.41, 5.74) is 2.50. The molecule has 0 aliphatic carbocycles. The first kappa shape index (κ1) is 11.0. The smallest absolute Gasteiger partial charge is 0.0755 e. The average molecular weight is 190 g/mol. The Morgan fingerprint density at radius 2 is 2.00 bits per heavy atom. The van der Waals surface area contributed by atoms with E-state index in [1.165, 1.54) is 11.1 Å². The quantitative estimate of drug-likeness (QED) is 0.646. The van der Waals surface area contributed by atoms with Gasteiger partial charge in [0.25, 0.3) is 0 Å². The summed E-state index contributed by atoms with van der Waals surface area (Å²) >= 11 is 0. The zero-order valence-corrected chi connectivity index (χ0v) is 8.99. The van der Waals surface area contributed by atoms with Crippen LogP contribution < -0.4 is 0 Å². The third kappa shape index (κ3) is 3.35. The molecule has 76 valence electrons. The Morgan fingerprint density at radius 1 is 1.36 bits per heavy atom. The minimum atomic E-state index is 0.177. The van der Waals surface area contributed by atoms with Crippen molar-refractivity contribution in [2.75, 3.05) is 0 Å². The normalized spacial score (nSPS) is 12.4. The Morgan fingerprint density at radius 3 is 2.50 bits per heavy atom. The standard InChI is InChI=1S/C13H18O/c1-4-13(5-2)14-10-12-8-6-11(3)7-9-12/h4,6-9,13H,1,5,10H2,2-3H3. The predicted octanol–water partition coefficient (Wildman–Crippen LogP) is 3.48. The number of hydrogen-bond donors (Lipinski definition) is 0. The molecule has 0 N–H and O–H groups in total. The van der Waals surface area contributed by atoms with E-state index in [1.807, 2.05) is 6.08 Å². The first-order valence-corrected chi connectivity index (χ1v) is 5.06. The van der Waals surface area contributed by atoms with E-state index in [0.717, 1.165) is 6.42 Å². The summed E-state index contributed by atoms with van der Waals surface area (Å²) in [5.74, 6) is 0. The second-order valence-corrected chi connectivity index (χ2v) is 3.48. The van der Waals surface area contributed by atoms with Gasteiger partial charge in [-0.25, -0.2) is 0 Å². The van der Waals surface area contributed by atoms with E-state index in [2.05, 4.69) is 44.7 Å². The van der Waals surface area contributed by atoms with Crippen LogP contribution in [0.15, 0.2) is 36.9 Å². The first-order chi connectivity index (χ1) is 6.76. The van der Waals surface area contributed by atoms with Crippen LogP contribution in [0.4, 0.5) is 0 Å². The van der Waals surface area contributed by atoms with E-state index in [1.54, 1.807) is 0 Å². The van der Waals surface area contributed by atoms with Crippen molar-refractivity contribution >= 4 is 0 Å². The van der Waals surface area contributed by atoms with Gasteiger partial charge >= 0.3 is 0 Å². The van der Waals surface area contributed by atoms with Crippen LogP contribution in [0.5, 0.6) is 0 Å². The molecule has 0 heterocycles. The lowest BCUT2D eigenvalue weighted by molar-refractivity contribution is 0.0699. The summed E-state index contributed by atoms with van der Waals surface area (Å²) in [7, 11) is 0. The second-order valence-electron chi connectivity index (χ2n) is 3.48. The predicted molar refractivity (Wildman–Crippen MR) is 60.2 cm³/mol. The van der Waals surface area contributed by atoms with Crippen LogP contribution in [0, 0.1) is 6.92 Å². The van der Waals surface area contributed by atoms with Crippen LogP contribution in [0.3, 0.4) is 0 Å². The molecule has 0 bridgehead atoms. The molecule has 0 spiro atoms. The highest BCUT2D eigenvalue weighted by Crippen LogP contribution is 2.07. The van der Waals surface area contributed by atoms with Crippen molar-refractivity contribution in [2.45, 2.75) is 33.0 Å². The highest BCUT2D eigenvalue weighted by atomic mass is 16.5. The maximum absolute atomic E-state index is 5.65. The van der Waals surface area contributed by atoms with Crippen LogP contribution in [-0.4, -0.2) is 6.10 Å². The summed E-state index contributed by atoms with van der Waals surface area (Å²) in [5, 5.41) is 0. The number of rotatable bonds is 5. The van der Waals surface area contributed by atoms with Gasteiger partial charge in [-0.3, -0.25) is 0 Å². The Balaban J connectivity index is 2.45. The van der Waals surface area contributed by atoms with E-state index in [0.29, 0.717) is 6.61 Å². The van der Waals surface area contributed by atoms with Crippen molar-refractivity contribution in [3.63, 3.8) is 0 Å². The maximum atomic E-state index is 5.65. The Bertz CT molecular complexity index is 274. The molecule has 1 nitrogen and oxygen atoms in total. The number of aryl methyl sites for hydroxylation is 1. The Labute approximate surface area is 86.4 Å². The fourth-order valence-electron chi connectivity index (χ4n) is 1.24. The summed E-state index contributed by atoms with van der Waals surface area (Å²) in [6, 6.07) is 8.41. The minimum absolute atomic E-state index is 0.177. The largest absolute Gasteiger partial charge is 0.370 e. The van der Waals surface area contributed by atoms with Gasteiger partial charge in [0, 0.05) is 0 Å². The molecule has 0 aliphatic heterocycles. The van der Waals surface area contributed by atoms with Gasteiger partial charge in [-0.05, 0) is 18.9 Å². The van der Waals surface area contributed by atoms with Crippen LogP contribution in [0.25, 0.3) is 0 Å². The lowest BCUT2D eigenvalue weighted by Gasteiger charge is -2.11. The molecule has 0 saturated carbocycles. The number of hydrogen-bond acceptors (Lipinski definition) is 1. The molecule has 0 saturated heterocycles. The zero-order valence-electron chi connectivity index (χ0n) is 8.99. The number of ether oxygens (including phenoxy) is 1. The molecule has 1 rings (SSSR count). The van der Waals surface area contributed by atoms with Crippen molar-refractivity contribution in [3.8, 4) is 0 Å². The molecule has 0 radical (unpaired) electrons. The van der Waals surface area contributed by atoms with Gasteiger partial charge in [0.05, 0.1) is 12.7 Å². The Hall–Kier alpha value is -1.08. The van der Waals surface area contributed by atoms with E-state index >= 15 is 0 Å². The molecule has 14 heavy (non-hydrogen) atoms. The molecule has 1 unspecified atom stereocenters. The van der Waals surface area contributed by atoms with Gasteiger partial charge in [-0.15, -0.1) is 6.58 Å². The molecule has 1 aromatic carbocycles. The molecule has 1 atom stereocenters. The molecular weight excluding hydrogens is 172 g/mol. The number of benzene rings is 1. The highest BCUT2D eigenvalue weighted by Gasteiger charge is 2.00. The molecule has 1 heteroatoms. The van der Waals surface area contributed by atoms with E-state index in [-0.39, 0.29) is 6.10 Å². The average Bonchev–Trinajstić information content (AvgIpc) is 2.22. The molecule has 0 fully saturated rings. The fourth-order valence-corrected chi connectivity index (χ4v) is 1.24. The lowest BCUT2D eigenvalue weighted by atomic mass is 10.2. The SMILES string of the molecule is C=CC(CC)OCc1ccc(C)cc1. The van der Waals surface area contributed by atoms with Crippen molar-refractivity contribution in [1.82, 2.24) is 0 Å². The van der Waals surface area contributed by atoms with Crippen molar-refractivity contribution < 1.29 is 4.74 Å². The van der Waals surface area contributed by atoms with Crippen LogP contribution in [0.1, 0.15) is 24.5 Å². The molecule has 0 aromatic heterocycles. The van der Waals surface area contributed by atoms with Gasteiger partial charge in [-0.2, -0.15) is 0 Å². The topological polar surface area (TPSA) is 9.23 Å². The summed E-state index contributed by atoms with van der Waals surface area (Å²) in [4.78, 5) is 0. The zero-order chi connectivity index (χ0) is 10.4. The van der Waals surface area contributed by atoms with Crippen LogP contribution in [0.2, 0.25) is 0 Å². The van der Waals surface area contributed by atoms with Gasteiger partial charge in [0.2, 0.25) is 0 Å². The monoisotopic (exact) mass is 190 g/mol. The van der Waals surface area contributed by atoms with Crippen molar-refractivity contribution in [3.05, 3.63) is 48.0 Å². The van der Waals surface area contributed by atoms with E-state index in [4.69, 9.17) is 4.74 Å². The highest BCUT2D eigenvalue weighted by molar-refractivity contribution is 5.20. The summed E-state index contributed by atoms with van der Waals surface area (Å²) < 4.78 is 5.65. The molecule has 0 amide bonds. The van der Waals surface area contributed by atoms with Crippen molar-refractivity contribution in [1.29, 1.82) is 0 Å². The van der Waals surface area contributed by atoms with E-state index < -0.39 is 0 Å². The molecular formula is C13H18O. The van der Waals surface area contributed by atoms with E-state index in [9.17, 15) is 0 Å². The fraction of sp³-hybridized carbons (Fsp3) is 0.385. The van der Waals surface area contributed by atoms with Gasteiger partial charge in [0.1, 0.15) is 0 Å². The second kappa shape index (κ2) is 5.61. The third-order valence-electron chi connectivity index (χ3n) is 2.25.